The largest absolute Gasteiger partial charge is 0.497 e. The topological polar surface area (TPSA) is 116 Å². The summed E-state index contributed by atoms with van der Waals surface area (Å²) in [6.07, 6.45) is 0. The van der Waals surface area contributed by atoms with Crippen LogP contribution < -0.4 is 19.5 Å². The van der Waals surface area contributed by atoms with E-state index in [4.69, 9.17) is 18.7 Å². The molecule has 3 heterocycles. The van der Waals surface area contributed by atoms with Gasteiger partial charge in [0.15, 0.2) is 11.5 Å². The molecule has 31 heavy (non-hydrogen) atoms. The van der Waals surface area contributed by atoms with Gasteiger partial charge in [-0.1, -0.05) is 11.2 Å². The van der Waals surface area contributed by atoms with Crippen LogP contribution in [0, 0.1) is 0 Å². The first-order valence-corrected chi connectivity index (χ1v) is 9.49. The van der Waals surface area contributed by atoms with E-state index in [0.29, 0.717) is 28.6 Å². The first-order valence-electron chi connectivity index (χ1n) is 9.49. The van der Waals surface area contributed by atoms with Crippen molar-refractivity contribution in [3.05, 3.63) is 53.9 Å². The van der Waals surface area contributed by atoms with E-state index >= 15 is 0 Å². The number of aromatic nitrogens is 2. The van der Waals surface area contributed by atoms with Gasteiger partial charge in [0.25, 0.3) is 5.91 Å². The molecular weight excluding hydrogens is 404 g/mol. The second-order valence-corrected chi connectivity index (χ2v) is 7.25. The third-order valence-electron chi connectivity index (χ3n) is 5.33. The fraction of sp³-hybridized carbons (Fsp3) is 0.238. The minimum atomic E-state index is -1.25. The number of urea groups is 1. The van der Waals surface area contributed by atoms with Crippen LogP contribution in [-0.4, -0.2) is 40.9 Å². The van der Waals surface area contributed by atoms with Crippen molar-refractivity contribution < 1.29 is 28.3 Å². The summed E-state index contributed by atoms with van der Waals surface area (Å²) in [6, 6.07) is 11.7. The van der Waals surface area contributed by atoms with Crippen molar-refractivity contribution >= 4 is 11.9 Å². The van der Waals surface area contributed by atoms with E-state index in [1.54, 1.807) is 56.5 Å². The summed E-state index contributed by atoms with van der Waals surface area (Å²) in [5.41, 5.74) is 0.0527. The van der Waals surface area contributed by atoms with Crippen molar-refractivity contribution in [2.24, 2.45) is 0 Å². The van der Waals surface area contributed by atoms with Crippen molar-refractivity contribution in [1.82, 2.24) is 20.4 Å². The van der Waals surface area contributed by atoms with Crippen LogP contribution in [0.1, 0.15) is 18.4 Å². The van der Waals surface area contributed by atoms with E-state index in [1.165, 1.54) is 0 Å². The zero-order valence-electron chi connectivity index (χ0n) is 16.7. The number of nitrogens with one attached hydrogen (secondary N) is 1. The molecule has 10 nitrogen and oxygen atoms in total. The summed E-state index contributed by atoms with van der Waals surface area (Å²) in [6.45, 7) is 1.62. The minimum Gasteiger partial charge on any atom is -0.497 e. The third-order valence-corrected chi connectivity index (χ3v) is 5.33. The highest BCUT2D eigenvalue weighted by Gasteiger charge is 2.49. The highest BCUT2D eigenvalue weighted by Crippen LogP contribution is 2.38. The summed E-state index contributed by atoms with van der Waals surface area (Å²) in [5.74, 6) is 1.89. The fourth-order valence-corrected chi connectivity index (χ4v) is 3.56. The van der Waals surface area contributed by atoms with E-state index in [0.717, 1.165) is 10.5 Å². The molecule has 0 bridgehead atoms. The molecule has 3 aromatic rings. The van der Waals surface area contributed by atoms with Gasteiger partial charge in [-0.3, -0.25) is 9.69 Å². The molecule has 2 aromatic carbocycles. The standard InChI is InChI=1S/C21H18N4O6/c1-21(13-5-8-15-16(9-13)30-11-29-15)19(26)25(20(27)23-21)10-17-22-18(24-31-17)12-3-6-14(28-2)7-4-12/h3-9H,10-11H2,1-2H3,(H,23,27)/t21-/m0/s1. The van der Waals surface area contributed by atoms with Crippen LogP contribution in [0.3, 0.4) is 0 Å². The van der Waals surface area contributed by atoms with Gasteiger partial charge in [0.1, 0.15) is 17.8 Å². The predicted molar refractivity (Wildman–Crippen MR) is 105 cm³/mol. The molecule has 0 spiro atoms. The average molecular weight is 422 g/mol. The Morgan fingerprint density at radius 2 is 1.90 bits per heavy atom. The number of rotatable bonds is 5. The molecule has 3 amide bonds. The summed E-state index contributed by atoms with van der Waals surface area (Å²) >= 11 is 0. The van der Waals surface area contributed by atoms with Crippen LogP contribution in [0.2, 0.25) is 0 Å². The first kappa shape index (κ1) is 18.9. The summed E-state index contributed by atoms with van der Waals surface area (Å²) in [5, 5.41) is 6.69. The maximum absolute atomic E-state index is 13.2. The highest BCUT2D eigenvalue weighted by molar-refractivity contribution is 6.07. The Morgan fingerprint density at radius 3 is 2.68 bits per heavy atom. The molecule has 10 heteroatoms. The van der Waals surface area contributed by atoms with Crippen molar-refractivity contribution in [1.29, 1.82) is 0 Å². The van der Waals surface area contributed by atoms with Gasteiger partial charge < -0.3 is 24.1 Å². The molecular formula is C21H18N4O6. The van der Waals surface area contributed by atoms with E-state index < -0.39 is 17.5 Å². The molecule has 0 saturated carbocycles. The quantitative estimate of drug-likeness (QED) is 0.624. The summed E-state index contributed by atoms with van der Waals surface area (Å²) in [7, 11) is 1.58. The third kappa shape index (κ3) is 3.12. The molecule has 1 fully saturated rings. The Bertz CT molecular complexity index is 1170. The Kier molecular flexibility index (Phi) is 4.28. The number of carbonyl (C=O) groups excluding carboxylic acids is 2. The molecule has 158 valence electrons. The lowest BCUT2D eigenvalue weighted by Gasteiger charge is -2.22. The number of hydrogen-bond acceptors (Lipinski definition) is 8. The molecule has 1 aromatic heterocycles. The van der Waals surface area contributed by atoms with Gasteiger partial charge in [0, 0.05) is 5.56 Å². The molecule has 1 atom stereocenters. The lowest BCUT2D eigenvalue weighted by Crippen LogP contribution is -2.40. The maximum atomic E-state index is 13.2. The number of fused-ring (bicyclic) bond motifs is 1. The van der Waals surface area contributed by atoms with E-state index in [9.17, 15) is 9.59 Å². The maximum Gasteiger partial charge on any atom is 0.325 e. The van der Waals surface area contributed by atoms with Gasteiger partial charge in [-0.25, -0.2) is 4.79 Å². The highest BCUT2D eigenvalue weighted by atomic mass is 16.7. The Morgan fingerprint density at radius 1 is 1.13 bits per heavy atom. The van der Waals surface area contributed by atoms with Crippen LogP contribution in [-0.2, 0) is 16.9 Å². The molecule has 1 saturated heterocycles. The lowest BCUT2D eigenvalue weighted by atomic mass is 9.91. The van der Waals surface area contributed by atoms with E-state index in [1.807, 2.05) is 0 Å². The zero-order chi connectivity index (χ0) is 21.6. The number of nitrogens with zero attached hydrogens (tertiary/aromatic N) is 3. The molecule has 2 aliphatic rings. The predicted octanol–water partition coefficient (Wildman–Crippen LogP) is 2.44. The van der Waals surface area contributed by atoms with Gasteiger partial charge in [-0.05, 0) is 48.9 Å². The first-order chi connectivity index (χ1) is 15.0. The normalized spacial score (nSPS) is 19.6. The van der Waals surface area contributed by atoms with Gasteiger partial charge in [0.05, 0.1) is 7.11 Å². The van der Waals surface area contributed by atoms with Crippen molar-refractivity contribution in [2.75, 3.05) is 13.9 Å². The molecule has 2 aliphatic heterocycles. The molecule has 0 aliphatic carbocycles. The molecule has 0 radical (unpaired) electrons. The van der Waals surface area contributed by atoms with Crippen LogP contribution in [0.4, 0.5) is 4.79 Å². The number of carbonyl (C=O) groups is 2. The Labute approximate surface area is 176 Å². The van der Waals surface area contributed by atoms with Crippen LogP contribution in [0.5, 0.6) is 17.2 Å². The number of imide groups is 1. The second-order valence-electron chi connectivity index (χ2n) is 7.25. The van der Waals surface area contributed by atoms with Crippen LogP contribution >= 0.6 is 0 Å². The minimum absolute atomic E-state index is 0.121. The van der Waals surface area contributed by atoms with Gasteiger partial charge in [-0.15, -0.1) is 0 Å². The van der Waals surface area contributed by atoms with Crippen molar-refractivity contribution in [2.45, 2.75) is 19.0 Å². The van der Waals surface area contributed by atoms with Crippen molar-refractivity contribution in [3.63, 3.8) is 0 Å². The Hall–Kier alpha value is -4.08. The monoisotopic (exact) mass is 422 g/mol. The summed E-state index contributed by atoms with van der Waals surface area (Å²) in [4.78, 5) is 31.1. The molecule has 1 N–H and O–H groups in total. The van der Waals surface area contributed by atoms with Crippen LogP contribution in [0.25, 0.3) is 11.4 Å². The van der Waals surface area contributed by atoms with E-state index in [2.05, 4.69) is 15.5 Å². The SMILES string of the molecule is COc1ccc(-c2noc(CN3C(=O)N[C@@](C)(c4ccc5c(c4)OCO5)C3=O)n2)cc1. The second kappa shape index (κ2) is 7.01. The lowest BCUT2D eigenvalue weighted by molar-refractivity contribution is -0.131. The fourth-order valence-electron chi connectivity index (χ4n) is 3.56. The Balaban J connectivity index is 1.36. The summed E-state index contributed by atoms with van der Waals surface area (Å²) < 4.78 is 21.1. The van der Waals surface area contributed by atoms with E-state index in [-0.39, 0.29) is 19.2 Å². The number of hydrogen-bond donors (Lipinski definition) is 1. The van der Waals surface area contributed by atoms with Crippen LogP contribution in [0.15, 0.2) is 47.0 Å². The average Bonchev–Trinajstić information content (AvgIpc) is 3.49. The van der Waals surface area contributed by atoms with Gasteiger partial charge in [0.2, 0.25) is 18.5 Å². The zero-order valence-corrected chi connectivity index (χ0v) is 16.7. The smallest absolute Gasteiger partial charge is 0.325 e. The number of methoxy groups -OCH3 is 1. The number of ether oxygens (including phenoxy) is 3. The number of benzene rings is 2. The van der Waals surface area contributed by atoms with Gasteiger partial charge in [-0.2, -0.15) is 4.98 Å². The van der Waals surface area contributed by atoms with Gasteiger partial charge >= 0.3 is 6.03 Å². The molecule has 5 rings (SSSR count). The molecule has 0 unspecified atom stereocenters. The van der Waals surface area contributed by atoms with Crippen molar-refractivity contribution in [3.8, 4) is 28.6 Å². The number of amides is 3.